The molecule has 1 atom stereocenters. The van der Waals surface area contributed by atoms with E-state index in [1.54, 1.807) is 0 Å². The van der Waals surface area contributed by atoms with Crippen molar-refractivity contribution in [1.82, 2.24) is 15.6 Å². The molecule has 1 aromatic rings. The fourth-order valence-corrected chi connectivity index (χ4v) is 2.26. The van der Waals surface area contributed by atoms with Crippen molar-refractivity contribution in [2.24, 2.45) is 5.10 Å². The molecule has 0 bridgehead atoms. The van der Waals surface area contributed by atoms with Gasteiger partial charge in [-0.05, 0) is 19.5 Å². The Hall–Kier alpha value is -2.21. The van der Waals surface area contributed by atoms with Gasteiger partial charge < -0.3 is 10.2 Å². The molecule has 0 spiro atoms. The monoisotopic (exact) mass is 302 g/mol. The van der Waals surface area contributed by atoms with Crippen LogP contribution in [0, 0.1) is 0 Å². The molecule has 2 rings (SSSR count). The molecule has 0 saturated carbocycles. The number of hydrogen-bond acceptors (Lipinski definition) is 4. The van der Waals surface area contributed by atoms with Crippen LogP contribution in [-0.2, 0) is 9.59 Å². The normalized spacial score (nSPS) is 16.7. The lowest BCUT2D eigenvalue weighted by atomic mass is 10.1. The van der Waals surface area contributed by atoms with Gasteiger partial charge in [-0.2, -0.15) is 5.10 Å². The van der Waals surface area contributed by atoms with Crippen molar-refractivity contribution < 1.29 is 9.59 Å². The third kappa shape index (κ3) is 4.66. The van der Waals surface area contributed by atoms with Crippen molar-refractivity contribution in [3.8, 4) is 0 Å². The average molecular weight is 302 g/mol. The van der Waals surface area contributed by atoms with E-state index in [0.717, 1.165) is 37.2 Å². The molecule has 1 aromatic carbocycles. The first kappa shape index (κ1) is 16.2. The van der Waals surface area contributed by atoms with Crippen LogP contribution >= 0.6 is 0 Å². The predicted octanol–water partition coefficient (Wildman–Crippen LogP) is 1.06. The summed E-state index contributed by atoms with van der Waals surface area (Å²) in [5.74, 6) is -1.40. The maximum atomic E-state index is 11.9. The Morgan fingerprint density at radius 3 is 2.41 bits per heavy atom. The zero-order valence-corrected chi connectivity index (χ0v) is 13.0. The molecule has 118 valence electrons. The van der Waals surface area contributed by atoms with Crippen LogP contribution in [0.25, 0.3) is 0 Å². The van der Waals surface area contributed by atoms with E-state index in [1.165, 1.54) is 0 Å². The van der Waals surface area contributed by atoms with Gasteiger partial charge in [-0.3, -0.25) is 9.59 Å². The van der Waals surface area contributed by atoms with Gasteiger partial charge >= 0.3 is 11.8 Å². The van der Waals surface area contributed by atoms with Crippen LogP contribution in [0.5, 0.6) is 0 Å². The van der Waals surface area contributed by atoms with Gasteiger partial charge in [-0.15, -0.1) is 0 Å². The van der Waals surface area contributed by atoms with Gasteiger partial charge in [0.05, 0.1) is 6.04 Å². The summed E-state index contributed by atoms with van der Waals surface area (Å²) in [6.45, 7) is 3.68. The molecule has 1 aliphatic rings. The Morgan fingerprint density at radius 2 is 1.77 bits per heavy atom. The van der Waals surface area contributed by atoms with Gasteiger partial charge in [0.1, 0.15) is 0 Å². The number of hydrazone groups is 1. The standard InChI is InChI=1S/C16H22N4O2/c1-12(13-6-4-3-5-7-13)17-15(21)16(22)19-18-14-8-10-20(2)11-9-14/h3-7,12H,8-11H2,1-2H3,(H,17,21)(H,19,22)/t12-/m0/s1. The number of nitrogens with one attached hydrogen (secondary N) is 2. The first-order valence-corrected chi connectivity index (χ1v) is 7.46. The first-order valence-electron chi connectivity index (χ1n) is 7.46. The maximum Gasteiger partial charge on any atom is 0.329 e. The van der Waals surface area contributed by atoms with Gasteiger partial charge in [-0.25, -0.2) is 5.43 Å². The maximum absolute atomic E-state index is 11.9. The van der Waals surface area contributed by atoms with E-state index in [4.69, 9.17) is 0 Å². The molecule has 6 heteroatoms. The largest absolute Gasteiger partial charge is 0.341 e. The van der Waals surface area contributed by atoms with Crippen LogP contribution in [-0.4, -0.2) is 42.6 Å². The van der Waals surface area contributed by atoms with E-state index in [1.807, 2.05) is 44.3 Å². The molecule has 1 saturated heterocycles. The SMILES string of the molecule is C[C@H](NC(=O)C(=O)NN=C1CCN(C)CC1)c1ccccc1. The third-order valence-corrected chi connectivity index (χ3v) is 3.73. The Morgan fingerprint density at radius 1 is 1.14 bits per heavy atom. The third-order valence-electron chi connectivity index (χ3n) is 3.73. The number of nitrogens with zero attached hydrogens (tertiary/aromatic N) is 2. The van der Waals surface area contributed by atoms with Crippen LogP contribution in [0.2, 0.25) is 0 Å². The van der Waals surface area contributed by atoms with Gasteiger partial charge in [0.25, 0.3) is 0 Å². The fourth-order valence-electron chi connectivity index (χ4n) is 2.26. The smallest absolute Gasteiger partial charge is 0.329 e. The lowest BCUT2D eigenvalue weighted by Gasteiger charge is -2.22. The summed E-state index contributed by atoms with van der Waals surface area (Å²) in [5.41, 5.74) is 4.22. The molecule has 1 heterocycles. The van der Waals surface area contributed by atoms with Crippen molar-refractivity contribution in [3.63, 3.8) is 0 Å². The average Bonchev–Trinajstić information content (AvgIpc) is 2.54. The molecule has 0 unspecified atom stereocenters. The summed E-state index contributed by atoms with van der Waals surface area (Å²) in [6, 6.07) is 9.27. The summed E-state index contributed by atoms with van der Waals surface area (Å²) in [6.07, 6.45) is 1.64. The minimum Gasteiger partial charge on any atom is -0.341 e. The molecule has 0 aromatic heterocycles. The van der Waals surface area contributed by atoms with E-state index in [9.17, 15) is 9.59 Å². The molecule has 0 radical (unpaired) electrons. The van der Waals surface area contributed by atoms with Crippen molar-refractivity contribution in [2.75, 3.05) is 20.1 Å². The summed E-state index contributed by atoms with van der Waals surface area (Å²) in [7, 11) is 2.05. The molecule has 2 N–H and O–H groups in total. The van der Waals surface area contributed by atoms with Gasteiger partial charge in [0.15, 0.2) is 0 Å². The zero-order valence-electron chi connectivity index (χ0n) is 13.0. The first-order chi connectivity index (χ1) is 10.6. The van der Waals surface area contributed by atoms with E-state index >= 15 is 0 Å². The number of amides is 2. The van der Waals surface area contributed by atoms with Crippen molar-refractivity contribution in [3.05, 3.63) is 35.9 Å². The van der Waals surface area contributed by atoms with Crippen molar-refractivity contribution in [2.45, 2.75) is 25.8 Å². The molecular weight excluding hydrogens is 280 g/mol. The number of carbonyl (C=O) groups is 2. The molecule has 0 aliphatic carbocycles. The predicted molar refractivity (Wildman–Crippen MR) is 85.3 cm³/mol. The lowest BCUT2D eigenvalue weighted by molar-refractivity contribution is -0.139. The highest BCUT2D eigenvalue weighted by Gasteiger charge is 2.17. The highest BCUT2D eigenvalue weighted by atomic mass is 16.2. The van der Waals surface area contributed by atoms with Crippen LogP contribution in [0.3, 0.4) is 0 Å². The van der Waals surface area contributed by atoms with Gasteiger partial charge in [0.2, 0.25) is 0 Å². The summed E-state index contributed by atoms with van der Waals surface area (Å²) >= 11 is 0. The Bertz CT molecular complexity index is 547. The topological polar surface area (TPSA) is 73.8 Å². The van der Waals surface area contributed by atoms with Gasteiger partial charge in [0, 0.05) is 31.6 Å². The Labute approximate surface area is 130 Å². The second-order valence-electron chi connectivity index (χ2n) is 5.53. The van der Waals surface area contributed by atoms with E-state index in [0.29, 0.717) is 0 Å². The molecule has 6 nitrogen and oxygen atoms in total. The van der Waals surface area contributed by atoms with Crippen molar-refractivity contribution >= 4 is 17.5 Å². The number of piperidine rings is 1. The molecule has 2 amide bonds. The van der Waals surface area contributed by atoms with Crippen molar-refractivity contribution in [1.29, 1.82) is 0 Å². The molecular formula is C16H22N4O2. The number of rotatable bonds is 3. The Kier molecular flexibility index (Phi) is 5.66. The quantitative estimate of drug-likeness (QED) is 0.648. The van der Waals surface area contributed by atoms with Crippen LogP contribution in [0.15, 0.2) is 35.4 Å². The zero-order chi connectivity index (χ0) is 15.9. The Balaban J connectivity index is 1.82. The summed E-state index contributed by atoms with van der Waals surface area (Å²) in [4.78, 5) is 25.8. The molecule has 1 aliphatic heterocycles. The number of benzene rings is 1. The summed E-state index contributed by atoms with van der Waals surface area (Å²) in [5, 5.41) is 6.71. The lowest BCUT2D eigenvalue weighted by Crippen LogP contribution is -2.40. The minimum absolute atomic E-state index is 0.226. The summed E-state index contributed by atoms with van der Waals surface area (Å²) < 4.78 is 0. The minimum atomic E-state index is -0.728. The molecule has 1 fully saturated rings. The van der Waals surface area contributed by atoms with E-state index in [-0.39, 0.29) is 6.04 Å². The number of likely N-dealkylation sites (tertiary alicyclic amines) is 1. The van der Waals surface area contributed by atoms with Crippen LogP contribution in [0.4, 0.5) is 0 Å². The number of carbonyl (C=O) groups excluding carboxylic acids is 2. The van der Waals surface area contributed by atoms with Gasteiger partial charge in [-0.1, -0.05) is 30.3 Å². The molecule has 22 heavy (non-hydrogen) atoms. The highest BCUT2D eigenvalue weighted by molar-refractivity contribution is 6.35. The second kappa shape index (κ2) is 7.70. The number of hydrogen-bond donors (Lipinski definition) is 2. The highest BCUT2D eigenvalue weighted by Crippen LogP contribution is 2.10. The second-order valence-corrected chi connectivity index (χ2v) is 5.53. The van der Waals surface area contributed by atoms with E-state index < -0.39 is 11.8 Å². The van der Waals surface area contributed by atoms with E-state index in [2.05, 4.69) is 20.7 Å². The van der Waals surface area contributed by atoms with Crippen LogP contribution < -0.4 is 10.7 Å². The fraction of sp³-hybridized carbons (Fsp3) is 0.438. The van der Waals surface area contributed by atoms with Crippen LogP contribution in [0.1, 0.15) is 31.4 Å².